The van der Waals surface area contributed by atoms with Crippen LogP contribution in [0.15, 0.2) is 60.8 Å². The maximum absolute atomic E-state index is 12.8. The van der Waals surface area contributed by atoms with Crippen LogP contribution in [-0.2, 0) is 28.6 Å². The third-order valence-electron chi connectivity index (χ3n) is 12.8. The Balaban J connectivity index is 4.37. The molecule has 0 rings (SSSR count). The molecule has 0 fully saturated rings. The van der Waals surface area contributed by atoms with Gasteiger partial charge in [0.2, 0.25) is 0 Å². The minimum Gasteiger partial charge on any atom is -0.462 e. The molecule has 0 saturated carbocycles. The number of hydrogen-bond donors (Lipinski definition) is 0. The Labute approximate surface area is 421 Å². The third kappa shape index (κ3) is 54.1. The Morgan fingerprint density at radius 3 is 0.897 bits per heavy atom. The lowest BCUT2D eigenvalue weighted by atomic mass is 10.0. The molecular weight excluding hydrogens is 841 g/mol. The van der Waals surface area contributed by atoms with E-state index in [-0.39, 0.29) is 31.1 Å². The minimum absolute atomic E-state index is 0.0837. The van der Waals surface area contributed by atoms with Gasteiger partial charge in [0.25, 0.3) is 0 Å². The van der Waals surface area contributed by atoms with Crippen LogP contribution < -0.4 is 0 Å². The van der Waals surface area contributed by atoms with E-state index in [0.717, 1.165) is 96.3 Å². The second kappa shape index (κ2) is 56.7. The molecule has 0 bridgehead atoms. The van der Waals surface area contributed by atoms with Gasteiger partial charge in [-0.3, -0.25) is 14.4 Å². The van der Waals surface area contributed by atoms with E-state index in [2.05, 4.69) is 81.5 Å². The molecule has 6 nitrogen and oxygen atoms in total. The van der Waals surface area contributed by atoms with Crippen molar-refractivity contribution in [3.05, 3.63) is 60.8 Å². The summed E-state index contributed by atoms with van der Waals surface area (Å²) in [6, 6.07) is 0. The fourth-order valence-corrected chi connectivity index (χ4v) is 8.41. The summed E-state index contributed by atoms with van der Waals surface area (Å²) in [5.41, 5.74) is 0. The molecule has 0 heterocycles. The largest absolute Gasteiger partial charge is 0.462 e. The first-order chi connectivity index (χ1) is 33.5. The van der Waals surface area contributed by atoms with E-state index in [4.69, 9.17) is 14.2 Å². The number of carbonyl (C=O) groups excluding carboxylic acids is 3. The van der Waals surface area contributed by atoms with E-state index in [9.17, 15) is 14.4 Å². The van der Waals surface area contributed by atoms with Crippen molar-refractivity contribution < 1.29 is 28.6 Å². The Kier molecular flexibility index (Phi) is 54.3. The zero-order chi connectivity index (χ0) is 49.3. The van der Waals surface area contributed by atoms with Crippen LogP contribution in [-0.4, -0.2) is 37.2 Å². The lowest BCUT2D eigenvalue weighted by Crippen LogP contribution is -2.30. The van der Waals surface area contributed by atoms with Crippen LogP contribution in [0.2, 0.25) is 0 Å². The Bertz CT molecular complexity index is 1230. The highest BCUT2D eigenvalue weighted by Gasteiger charge is 2.19. The van der Waals surface area contributed by atoms with Gasteiger partial charge in [-0.2, -0.15) is 0 Å². The van der Waals surface area contributed by atoms with Gasteiger partial charge in [-0.05, 0) is 64.2 Å². The van der Waals surface area contributed by atoms with Gasteiger partial charge < -0.3 is 14.2 Å². The summed E-state index contributed by atoms with van der Waals surface area (Å²) in [5, 5.41) is 0. The van der Waals surface area contributed by atoms with Crippen LogP contribution in [0.5, 0.6) is 0 Å². The van der Waals surface area contributed by atoms with Crippen LogP contribution in [0.1, 0.15) is 297 Å². The lowest BCUT2D eigenvalue weighted by Gasteiger charge is -2.18. The van der Waals surface area contributed by atoms with Crippen molar-refractivity contribution in [1.29, 1.82) is 0 Å². The molecule has 0 aliphatic carbocycles. The normalized spacial score (nSPS) is 12.5. The number of allylic oxidation sites excluding steroid dienone is 10. The van der Waals surface area contributed by atoms with Crippen LogP contribution in [0.25, 0.3) is 0 Å². The van der Waals surface area contributed by atoms with Crippen LogP contribution in [0.4, 0.5) is 0 Å². The van der Waals surface area contributed by atoms with Gasteiger partial charge in [-0.25, -0.2) is 0 Å². The molecule has 0 saturated heterocycles. The number of esters is 3. The highest BCUT2D eigenvalue weighted by Crippen LogP contribution is 2.17. The van der Waals surface area contributed by atoms with Crippen molar-refractivity contribution in [2.75, 3.05) is 13.2 Å². The number of ether oxygens (including phenoxy) is 3. The van der Waals surface area contributed by atoms with Crippen molar-refractivity contribution in [3.8, 4) is 0 Å². The van der Waals surface area contributed by atoms with Gasteiger partial charge >= 0.3 is 17.9 Å². The summed E-state index contributed by atoms with van der Waals surface area (Å²) in [5.74, 6) is -0.902. The molecule has 0 aromatic carbocycles. The molecule has 6 heteroatoms. The predicted molar refractivity (Wildman–Crippen MR) is 293 cm³/mol. The summed E-state index contributed by atoms with van der Waals surface area (Å²) in [6.07, 6.45) is 70.7. The Morgan fingerprint density at radius 1 is 0.309 bits per heavy atom. The summed E-state index contributed by atoms with van der Waals surface area (Å²) >= 11 is 0. The van der Waals surface area contributed by atoms with Crippen LogP contribution in [0, 0.1) is 0 Å². The zero-order valence-electron chi connectivity index (χ0n) is 45.1. The molecule has 0 N–H and O–H groups in total. The summed E-state index contributed by atoms with van der Waals surface area (Å²) in [6.45, 7) is 6.53. The van der Waals surface area contributed by atoms with Crippen molar-refractivity contribution in [2.24, 2.45) is 0 Å². The maximum atomic E-state index is 12.8. The second-order valence-corrected chi connectivity index (χ2v) is 19.5. The molecule has 0 unspecified atom stereocenters. The fourth-order valence-electron chi connectivity index (χ4n) is 8.41. The van der Waals surface area contributed by atoms with Crippen molar-refractivity contribution >= 4 is 17.9 Å². The summed E-state index contributed by atoms with van der Waals surface area (Å²) in [7, 11) is 0. The lowest BCUT2D eigenvalue weighted by molar-refractivity contribution is -0.167. The van der Waals surface area contributed by atoms with Gasteiger partial charge in [-0.15, -0.1) is 0 Å². The zero-order valence-corrected chi connectivity index (χ0v) is 45.1. The molecule has 394 valence electrons. The first-order valence-electron chi connectivity index (χ1n) is 29.3. The van der Waals surface area contributed by atoms with Crippen LogP contribution in [0.3, 0.4) is 0 Å². The van der Waals surface area contributed by atoms with Crippen LogP contribution >= 0.6 is 0 Å². The summed E-state index contributed by atoms with van der Waals surface area (Å²) < 4.78 is 16.9. The van der Waals surface area contributed by atoms with Gasteiger partial charge in [0.1, 0.15) is 13.2 Å². The average Bonchev–Trinajstić information content (AvgIpc) is 3.34. The quantitative estimate of drug-likeness (QED) is 0.0262. The van der Waals surface area contributed by atoms with E-state index in [0.29, 0.717) is 19.3 Å². The predicted octanol–water partition coefficient (Wildman–Crippen LogP) is 19.6. The van der Waals surface area contributed by atoms with Gasteiger partial charge in [0.15, 0.2) is 6.10 Å². The van der Waals surface area contributed by atoms with Crippen molar-refractivity contribution in [2.45, 2.75) is 303 Å². The molecule has 0 aromatic heterocycles. The molecular formula is C62H110O6. The molecule has 0 aliphatic rings. The van der Waals surface area contributed by atoms with Crippen molar-refractivity contribution in [1.82, 2.24) is 0 Å². The Hall–Kier alpha value is -2.89. The maximum Gasteiger partial charge on any atom is 0.306 e. The average molecular weight is 952 g/mol. The summed E-state index contributed by atoms with van der Waals surface area (Å²) in [4.78, 5) is 38.1. The topological polar surface area (TPSA) is 78.9 Å². The van der Waals surface area contributed by atoms with E-state index in [1.807, 2.05) is 0 Å². The van der Waals surface area contributed by atoms with E-state index in [1.54, 1.807) is 0 Å². The first-order valence-corrected chi connectivity index (χ1v) is 29.3. The first kappa shape index (κ1) is 65.1. The molecule has 1 atom stereocenters. The highest BCUT2D eigenvalue weighted by atomic mass is 16.6. The molecule has 0 spiro atoms. The molecule has 0 aromatic rings. The monoisotopic (exact) mass is 951 g/mol. The Morgan fingerprint density at radius 2 is 0.574 bits per heavy atom. The van der Waals surface area contributed by atoms with E-state index >= 15 is 0 Å². The highest BCUT2D eigenvalue weighted by molar-refractivity contribution is 5.71. The SMILES string of the molecule is CC/C=C\C/C=C\C/C=C\C/C=C\C/C=C\CCCCCC(=O)O[C@@H](COC(=O)CCCCCCCCCCCCCC)COC(=O)CCCCCCCCCCCCCCCCCCCCC. The molecule has 68 heavy (non-hydrogen) atoms. The smallest absolute Gasteiger partial charge is 0.306 e. The number of hydrogen-bond acceptors (Lipinski definition) is 6. The number of rotatable bonds is 53. The van der Waals surface area contributed by atoms with E-state index in [1.165, 1.54) is 161 Å². The molecule has 0 aliphatic heterocycles. The fraction of sp³-hybridized carbons (Fsp3) is 0.790. The second-order valence-electron chi connectivity index (χ2n) is 19.5. The van der Waals surface area contributed by atoms with Gasteiger partial charge in [0, 0.05) is 19.3 Å². The third-order valence-corrected chi connectivity index (χ3v) is 12.8. The number of carbonyl (C=O) groups is 3. The standard InChI is InChI=1S/C62H110O6/c1-4-7-10-13-16-19-22-25-27-29-31-33-35-37-40-43-46-49-52-55-61(64)67-58-59(57-66-60(63)54-51-48-45-42-39-24-21-18-15-12-9-6-3)68-62(65)56-53-50-47-44-41-38-36-34-32-30-28-26-23-20-17-14-11-8-5-2/h8,11,17,20,26,28,32,34,38,41,59H,4-7,9-10,12-16,18-19,21-25,27,29-31,33,35-37,39-40,42-58H2,1-3H3/b11-8-,20-17-,28-26-,34-32-,41-38-/t59-/m0/s1. The minimum atomic E-state index is -0.788. The van der Waals surface area contributed by atoms with Gasteiger partial charge in [0.05, 0.1) is 0 Å². The molecule has 0 radical (unpaired) electrons. The van der Waals surface area contributed by atoms with E-state index < -0.39 is 6.10 Å². The van der Waals surface area contributed by atoms with Gasteiger partial charge in [-0.1, -0.05) is 274 Å². The molecule has 0 amide bonds. The van der Waals surface area contributed by atoms with Crippen molar-refractivity contribution in [3.63, 3.8) is 0 Å². The number of unbranched alkanes of at least 4 members (excludes halogenated alkanes) is 32.